The van der Waals surface area contributed by atoms with Gasteiger partial charge in [0.25, 0.3) is 5.91 Å². The third kappa shape index (κ3) is 4.62. The fraction of sp³-hybridized carbons (Fsp3) is 0.174. The van der Waals surface area contributed by atoms with Gasteiger partial charge in [-0.05, 0) is 65.1 Å². The predicted octanol–water partition coefficient (Wildman–Crippen LogP) is 5.34. The zero-order valence-electron chi connectivity index (χ0n) is 16.7. The summed E-state index contributed by atoms with van der Waals surface area (Å²) in [6.07, 6.45) is 0. The largest absolute Gasteiger partial charge is 0.506 e. The van der Waals surface area contributed by atoms with Crippen molar-refractivity contribution >= 4 is 45.6 Å². The van der Waals surface area contributed by atoms with Gasteiger partial charge < -0.3 is 20.6 Å². The molecule has 3 aromatic carbocycles. The molecule has 0 spiro atoms. The van der Waals surface area contributed by atoms with Crippen LogP contribution in [0.3, 0.4) is 0 Å². The average molecular weight is 553 g/mol. The second kappa shape index (κ2) is 9.27. The molecule has 4 rings (SSSR count). The lowest BCUT2D eigenvalue weighted by Gasteiger charge is -2.40. The maximum Gasteiger partial charge on any atom is 0.256 e. The zero-order chi connectivity index (χ0) is 22.8. The minimum Gasteiger partial charge on any atom is -0.506 e. The molecule has 1 heterocycles. The van der Waals surface area contributed by atoms with Crippen LogP contribution in [-0.4, -0.2) is 35.5 Å². The van der Waals surface area contributed by atoms with Gasteiger partial charge in [0.1, 0.15) is 11.6 Å². The van der Waals surface area contributed by atoms with Gasteiger partial charge in [0.15, 0.2) is 11.6 Å². The normalized spacial score (nSPS) is 13.6. The number of aromatic hydroxyl groups is 1. The molecule has 1 amide bonds. The molecular weight excluding hydrogens is 534 g/mol. The quantitative estimate of drug-likeness (QED) is 0.285. The van der Waals surface area contributed by atoms with E-state index in [1.165, 1.54) is 23.1 Å². The standard InChI is InChI=1S/C23H19F3IN3O2/c24-16-7-6-15(22(21(16)26)29-18-8-5-14(27)9-17(18)25)23(32)30-11-13(12-30)10-28-19-3-1-2-4-20(19)31/h1-9,13,28-29,31H,10-12H2. The molecule has 166 valence electrons. The Labute approximate surface area is 196 Å². The summed E-state index contributed by atoms with van der Waals surface area (Å²) in [7, 11) is 0. The lowest BCUT2D eigenvalue weighted by atomic mass is 9.98. The van der Waals surface area contributed by atoms with E-state index in [-0.39, 0.29) is 22.9 Å². The van der Waals surface area contributed by atoms with Crippen LogP contribution < -0.4 is 10.6 Å². The minimum absolute atomic E-state index is 0.0580. The molecular formula is C23H19F3IN3O2. The van der Waals surface area contributed by atoms with Crippen molar-refractivity contribution in [3.63, 3.8) is 0 Å². The van der Waals surface area contributed by atoms with Gasteiger partial charge in [0, 0.05) is 29.1 Å². The van der Waals surface area contributed by atoms with Crippen LogP contribution >= 0.6 is 22.6 Å². The first-order valence-electron chi connectivity index (χ1n) is 9.84. The van der Waals surface area contributed by atoms with Crippen LogP contribution in [0.4, 0.5) is 30.2 Å². The number of likely N-dealkylation sites (tertiary alicyclic amines) is 1. The van der Waals surface area contributed by atoms with Gasteiger partial charge in [-0.1, -0.05) is 12.1 Å². The Morgan fingerprint density at radius 2 is 1.78 bits per heavy atom. The Bertz CT molecular complexity index is 1170. The van der Waals surface area contributed by atoms with Crippen molar-refractivity contribution in [1.29, 1.82) is 0 Å². The highest BCUT2D eigenvalue weighted by atomic mass is 127. The number of carbonyl (C=O) groups excluding carboxylic acids is 1. The highest BCUT2D eigenvalue weighted by Gasteiger charge is 2.33. The molecule has 1 aliphatic rings. The molecule has 9 heteroatoms. The summed E-state index contributed by atoms with van der Waals surface area (Å²) < 4.78 is 43.3. The number of nitrogens with one attached hydrogen (secondary N) is 2. The van der Waals surface area contributed by atoms with E-state index in [1.54, 1.807) is 30.3 Å². The lowest BCUT2D eigenvalue weighted by Crippen LogP contribution is -2.52. The second-order valence-corrected chi connectivity index (χ2v) is 8.75. The molecule has 5 nitrogen and oxygen atoms in total. The summed E-state index contributed by atoms with van der Waals surface area (Å²) >= 11 is 1.94. The van der Waals surface area contributed by atoms with Gasteiger partial charge in [-0.15, -0.1) is 0 Å². The third-order valence-electron chi connectivity index (χ3n) is 5.25. The Hall–Kier alpha value is -2.95. The van der Waals surface area contributed by atoms with Crippen LogP contribution in [0.25, 0.3) is 0 Å². The van der Waals surface area contributed by atoms with E-state index in [2.05, 4.69) is 10.6 Å². The number of hydrogen-bond donors (Lipinski definition) is 3. The van der Waals surface area contributed by atoms with E-state index < -0.39 is 29.0 Å². The number of rotatable bonds is 6. The van der Waals surface area contributed by atoms with Crippen molar-refractivity contribution in [3.8, 4) is 5.75 Å². The highest BCUT2D eigenvalue weighted by Crippen LogP contribution is 2.31. The summed E-state index contributed by atoms with van der Waals surface area (Å²) in [5.74, 6) is -3.22. The molecule has 0 atom stereocenters. The van der Waals surface area contributed by atoms with Crippen molar-refractivity contribution in [1.82, 2.24) is 4.90 Å². The molecule has 0 saturated carbocycles. The van der Waals surface area contributed by atoms with Crippen LogP contribution in [0.5, 0.6) is 5.75 Å². The third-order valence-corrected chi connectivity index (χ3v) is 5.92. The van der Waals surface area contributed by atoms with E-state index in [9.17, 15) is 23.1 Å². The number of para-hydroxylation sites is 2. The van der Waals surface area contributed by atoms with Gasteiger partial charge in [0.2, 0.25) is 0 Å². The molecule has 0 unspecified atom stereocenters. The van der Waals surface area contributed by atoms with Crippen molar-refractivity contribution in [2.45, 2.75) is 0 Å². The highest BCUT2D eigenvalue weighted by molar-refractivity contribution is 14.1. The number of phenols is 1. The maximum absolute atomic E-state index is 14.6. The molecule has 1 saturated heterocycles. The van der Waals surface area contributed by atoms with Gasteiger partial charge in [-0.3, -0.25) is 4.79 Å². The topological polar surface area (TPSA) is 64.6 Å². The van der Waals surface area contributed by atoms with Gasteiger partial charge in [-0.25, -0.2) is 13.2 Å². The molecule has 0 radical (unpaired) electrons. The number of hydrogen-bond acceptors (Lipinski definition) is 4. The first-order valence-corrected chi connectivity index (χ1v) is 10.9. The number of halogens is 4. The fourth-order valence-corrected chi connectivity index (χ4v) is 3.94. The number of nitrogens with zero attached hydrogens (tertiary/aromatic N) is 1. The van der Waals surface area contributed by atoms with Crippen molar-refractivity contribution < 1.29 is 23.1 Å². The summed E-state index contributed by atoms with van der Waals surface area (Å²) in [6.45, 7) is 1.36. The first kappa shape index (κ1) is 22.3. The second-order valence-electron chi connectivity index (χ2n) is 7.51. The molecule has 0 bridgehead atoms. The lowest BCUT2D eigenvalue weighted by molar-refractivity contribution is 0.0522. The minimum atomic E-state index is -1.24. The summed E-state index contributed by atoms with van der Waals surface area (Å²) in [4.78, 5) is 14.5. The van der Waals surface area contributed by atoms with Crippen LogP contribution in [0.1, 0.15) is 10.4 Å². The van der Waals surface area contributed by atoms with Crippen LogP contribution in [-0.2, 0) is 0 Å². The Kier molecular flexibility index (Phi) is 6.45. The number of anilines is 3. The Morgan fingerprint density at radius 3 is 2.50 bits per heavy atom. The average Bonchev–Trinajstić information content (AvgIpc) is 2.73. The van der Waals surface area contributed by atoms with E-state index in [4.69, 9.17) is 0 Å². The SMILES string of the molecule is O=C(c1ccc(F)c(F)c1Nc1ccc(I)cc1F)N1CC(CNc2ccccc2O)C1. The fourth-order valence-electron chi connectivity index (χ4n) is 3.49. The van der Waals surface area contributed by atoms with Crippen molar-refractivity contribution in [3.05, 3.63) is 81.2 Å². The molecule has 32 heavy (non-hydrogen) atoms. The number of benzene rings is 3. The number of phenolic OH excluding ortho intramolecular Hbond substituents is 1. The van der Waals surface area contributed by atoms with Gasteiger partial charge in [0.05, 0.1) is 22.6 Å². The van der Waals surface area contributed by atoms with Gasteiger partial charge in [-0.2, -0.15) is 0 Å². The van der Waals surface area contributed by atoms with Crippen LogP contribution in [0.2, 0.25) is 0 Å². The Morgan fingerprint density at radius 1 is 1.03 bits per heavy atom. The molecule has 0 aliphatic carbocycles. The molecule has 3 N–H and O–H groups in total. The van der Waals surface area contributed by atoms with Crippen molar-refractivity contribution in [2.24, 2.45) is 5.92 Å². The summed E-state index contributed by atoms with van der Waals surface area (Å²) in [6, 6.07) is 13.2. The maximum atomic E-state index is 14.6. The Balaban J connectivity index is 1.46. The van der Waals surface area contributed by atoms with E-state index >= 15 is 0 Å². The molecule has 1 fully saturated rings. The summed E-state index contributed by atoms with van der Waals surface area (Å²) in [5.41, 5.74) is 0.0705. The van der Waals surface area contributed by atoms with Gasteiger partial charge >= 0.3 is 0 Å². The smallest absolute Gasteiger partial charge is 0.256 e. The number of carbonyl (C=O) groups is 1. The number of amides is 1. The van der Waals surface area contributed by atoms with Crippen LogP contribution in [0, 0.1) is 26.9 Å². The van der Waals surface area contributed by atoms with Crippen molar-refractivity contribution in [2.75, 3.05) is 30.3 Å². The predicted molar refractivity (Wildman–Crippen MR) is 125 cm³/mol. The molecule has 0 aromatic heterocycles. The summed E-state index contributed by atoms with van der Waals surface area (Å²) in [5, 5.41) is 15.5. The van der Waals surface area contributed by atoms with E-state index in [1.807, 2.05) is 22.6 Å². The molecule has 3 aromatic rings. The van der Waals surface area contributed by atoms with Crippen LogP contribution in [0.15, 0.2) is 54.6 Å². The first-order chi connectivity index (χ1) is 15.3. The zero-order valence-corrected chi connectivity index (χ0v) is 18.9. The van der Waals surface area contributed by atoms with E-state index in [0.29, 0.717) is 28.9 Å². The van der Waals surface area contributed by atoms with E-state index in [0.717, 1.165) is 6.07 Å². The molecule has 1 aliphatic heterocycles. The monoisotopic (exact) mass is 553 g/mol.